The van der Waals surface area contributed by atoms with Crippen molar-refractivity contribution in [3.63, 3.8) is 0 Å². The number of Topliss-reactive ketones (excluding diaryl/α,β-unsaturated/α-hetero) is 1. The highest BCUT2D eigenvalue weighted by Crippen LogP contribution is 2.26. The Morgan fingerprint density at radius 1 is 0.795 bits per heavy atom. The van der Waals surface area contributed by atoms with Gasteiger partial charge >= 0.3 is 0 Å². The Labute approximate surface area is 231 Å². The molecule has 4 aromatic carbocycles. The first-order chi connectivity index (χ1) is 18.9. The van der Waals surface area contributed by atoms with E-state index < -0.39 is 5.91 Å². The van der Waals surface area contributed by atoms with Gasteiger partial charge in [-0.1, -0.05) is 91.0 Å². The number of ether oxygens (including phenoxy) is 1. The maximum atomic E-state index is 13.6. The lowest BCUT2D eigenvalue weighted by atomic mass is 9.99. The van der Waals surface area contributed by atoms with E-state index in [0.717, 1.165) is 24.0 Å². The molecule has 0 aromatic heterocycles. The number of rotatable bonds is 13. The maximum Gasteiger partial charge on any atom is 0.252 e. The van der Waals surface area contributed by atoms with E-state index >= 15 is 0 Å². The fourth-order valence-electron chi connectivity index (χ4n) is 4.80. The Hall–Kier alpha value is -4.22. The standard InChI is InChI=1S/C34H36N2O3/c1-25(18-19-27-12-6-3-7-13-27)36(26(2)29-16-10-5-11-17-29)23-32(37)30-20-21-33(31(22-30)34(35)38)39-24-28-14-8-4-9-15-28/h3-17,20-22,25-26H,18-19,23-24H2,1-2H3,(H2,35,38). The van der Waals surface area contributed by atoms with Gasteiger partial charge in [-0.15, -0.1) is 0 Å². The van der Waals surface area contributed by atoms with Gasteiger partial charge in [-0.2, -0.15) is 0 Å². The predicted octanol–water partition coefficient (Wildman–Crippen LogP) is 6.63. The van der Waals surface area contributed by atoms with Crippen LogP contribution in [0, 0.1) is 0 Å². The molecule has 0 aliphatic carbocycles. The number of carbonyl (C=O) groups excluding carboxylic acids is 2. The topological polar surface area (TPSA) is 72.6 Å². The van der Waals surface area contributed by atoms with E-state index in [-0.39, 0.29) is 30.0 Å². The molecule has 2 unspecified atom stereocenters. The Morgan fingerprint density at radius 2 is 1.38 bits per heavy atom. The van der Waals surface area contributed by atoms with Crippen LogP contribution in [-0.2, 0) is 13.0 Å². The van der Waals surface area contributed by atoms with Crippen LogP contribution in [0.4, 0.5) is 0 Å². The number of primary amides is 1. The zero-order valence-corrected chi connectivity index (χ0v) is 22.6. The minimum Gasteiger partial charge on any atom is -0.488 e. The van der Waals surface area contributed by atoms with Gasteiger partial charge in [0.05, 0.1) is 12.1 Å². The average molecular weight is 521 g/mol. The number of carbonyl (C=O) groups is 2. The van der Waals surface area contributed by atoms with Gasteiger partial charge in [-0.3, -0.25) is 14.5 Å². The lowest BCUT2D eigenvalue weighted by Crippen LogP contribution is -2.39. The molecule has 0 saturated carbocycles. The Balaban J connectivity index is 1.52. The van der Waals surface area contributed by atoms with Gasteiger partial charge in [0.2, 0.25) is 0 Å². The zero-order chi connectivity index (χ0) is 27.6. The van der Waals surface area contributed by atoms with Crippen molar-refractivity contribution in [1.82, 2.24) is 4.90 Å². The van der Waals surface area contributed by atoms with E-state index in [1.807, 2.05) is 54.6 Å². The van der Waals surface area contributed by atoms with E-state index in [4.69, 9.17) is 10.5 Å². The summed E-state index contributed by atoms with van der Waals surface area (Å²) in [4.78, 5) is 28.1. The van der Waals surface area contributed by atoms with Gasteiger partial charge in [-0.25, -0.2) is 0 Å². The van der Waals surface area contributed by atoms with Gasteiger partial charge < -0.3 is 10.5 Å². The first kappa shape index (κ1) is 27.8. The van der Waals surface area contributed by atoms with Gasteiger partial charge in [0.1, 0.15) is 12.4 Å². The van der Waals surface area contributed by atoms with E-state index in [0.29, 0.717) is 17.9 Å². The molecule has 39 heavy (non-hydrogen) atoms. The molecule has 0 bridgehead atoms. The van der Waals surface area contributed by atoms with E-state index in [9.17, 15) is 9.59 Å². The van der Waals surface area contributed by atoms with Crippen LogP contribution in [0.3, 0.4) is 0 Å². The minimum absolute atomic E-state index is 0.0324. The second-order valence-electron chi connectivity index (χ2n) is 9.90. The first-order valence-corrected chi connectivity index (χ1v) is 13.4. The molecule has 0 aliphatic rings. The molecule has 4 rings (SSSR count). The number of hydrogen-bond donors (Lipinski definition) is 1. The summed E-state index contributed by atoms with van der Waals surface area (Å²) in [5, 5.41) is 0. The Bertz CT molecular complexity index is 1360. The van der Waals surface area contributed by atoms with Crippen molar-refractivity contribution in [2.24, 2.45) is 5.73 Å². The van der Waals surface area contributed by atoms with Gasteiger partial charge in [-0.05, 0) is 61.6 Å². The number of aryl methyl sites for hydroxylation is 1. The van der Waals surface area contributed by atoms with Crippen LogP contribution >= 0.6 is 0 Å². The lowest BCUT2D eigenvalue weighted by molar-refractivity contribution is 0.0830. The first-order valence-electron chi connectivity index (χ1n) is 13.4. The second kappa shape index (κ2) is 13.5. The molecule has 5 heteroatoms. The van der Waals surface area contributed by atoms with Crippen LogP contribution in [-0.4, -0.2) is 29.2 Å². The summed E-state index contributed by atoms with van der Waals surface area (Å²) in [6.45, 7) is 4.83. The summed E-state index contributed by atoms with van der Waals surface area (Å²) in [6, 6.07) is 35.4. The molecule has 0 radical (unpaired) electrons. The Morgan fingerprint density at radius 3 is 2.00 bits per heavy atom. The van der Waals surface area contributed by atoms with Gasteiger partial charge in [0.15, 0.2) is 5.78 Å². The summed E-state index contributed by atoms with van der Waals surface area (Å²) in [6.07, 6.45) is 1.83. The smallest absolute Gasteiger partial charge is 0.252 e. The largest absolute Gasteiger partial charge is 0.488 e. The predicted molar refractivity (Wildman–Crippen MR) is 156 cm³/mol. The molecule has 4 aromatic rings. The summed E-state index contributed by atoms with van der Waals surface area (Å²) in [7, 11) is 0. The summed E-state index contributed by atoms with van der Waals surface area (Å²) < 4.78 is 5.89. The number of hydrogen-bond acceptors (Lipinski definition) is 4. The summed E-state index contributed by atoms with van der Waals surface area (Å²) >= 11 is 0. The SMILES string of the molecule is CC(CCc1ccccc1)N(CC(=O)c1ccc(OCc2ccccc2)c(C(N)=O)c1)C(C)c1ccccc1. The quantitative estimate of drug-likeness (QED) is 0.201. The second-order valence-corrected chi connectivity index (χ2v) is 9.90. The lowest BCUT2D eigenvalue weighted by Gasteiger charge is -2.34. The molecular formula is C34H36N2O3. The molecule has 0 spiro atoms. The number of nitrogens with zero attached hydrogens (tertiary/aromatic N) is 1. The third kappa shape index (κ3) is 7.65. The monoisotopic (exact) mass is 520 g/mol. The number of nitrogens with two attached hydrogens (primary N) is 1. The summed E-state index contributed by atoms with van der Waals surface area (Å²) in [5.41, 5.74) is 9.73. The van der Waals surface area contributed by atoms with Crippen LogP contribution in [0.5, 0.6) is 5.75 Å². The van der Waals surface area contributed by atoms with Crippen molar-refractivity contribution in [2.45, 2.75) is 45.4 Å². The molecule has 0 aliphatic heterocycles. The van der Waals surface area contributed by atoms with Crippen LogP contribution in [0.1, 0.15) is 63.7 Å². The third-order valence-electron chi connectivity index (χ3n) is 7.17. The van der Waals surface area contributed by atoms with Crippen LogP contribution in [0.15, 0.2) is 109 Å². The van der Waals surface area contributed by atoms with Gasteiger partial charge in [0.25, 0.3) is 5.91 Å². The van der Waals surface area contributed by atoms with E-state index in [1.165, 1.54) is 5.56 Å². The number of ketones is 1. The summed E-state index contributed by atoms with van der Waals surface area (Å²) in [5.74, 6) is -0.325. The molecule has 200 valence electrons. The van der Waals surface area contributed by atoms with Crippen molar-refractivity contribution in [2.75, 3.05) is 6.54 Å². The molecule has 0 fully saturated rings. The molecule has 5 nitrogen and oxygen atoms in total. The maximum absolute atomic E-state index is 13.6. The third-order valence-corrected chi connectivity index (χ3v) is 7.17. The average Bonchev–Trinajstić information content (AvgIpc) is 2.98. The number of amides is 1. The van der Waals surface area contributed by atoms with Crippen molar-refractivity contribution in [3.05, 3.63) is 137 Å². The van der Waals surface area contributed by atoms with E-state index in [1.54, 1.807) is 18.2 Å². The molecule has 0 saturated heterocycles. The minimum atomic E-state index is -0.626. The van der Waals surface area contributed by atoms with Crippen LogP contribution in [0.25, 0.3) is 0 Å². The normalized spacial score (nSPS) is 12.6. The highest BCUT2D eigenvalue weighted by molar-refractivity contribution is 6.02. The van der Waals surface area contributed by atoms with Crippen molar-refractivity contribution in [3.8, 4) is 5.75 Å². The molecule has 2 atom stereocenters. The van der Waals surface area contributed by atoms with Crippen molar-refractivity contribution < 1.29 is 14.3 Å². The molecule has 2 N–H and O–H groups in total. The fourth-order valence-corrected chi connectivity index (χ4v) is 4.80. The highest BCUT2D eigenvalue weighted by Gasteiger charge is 2.25. The molecular weight excluding hydrogens is 484 g/mol. The highest BCUT2D eigenvalue weighted by atomic mass is 16.5. The molecule has 0 heterocycles. The zero-order valence-electron chi connectivity index (χ0n) is 22.6. The molecule has 1 amide bonds. The number of benzene rings is 4. The van der Waals surface area contributed by atoms with Crippen molar-refractivity contribution >= 4 is 11.7 Å². The van der Waals surface area contributed by atoms with E-state index in [2.05, 4.69) is 55.1 Å². The van der Waals surface area contributed by atoms with Crippen LogP contribution < -0.4 is 10.5 Å². The van der Waals surface area contributed by atoms with Crippen LogP contribution in [0.2, 0.25) is 0 Å². The van der Waals surface area contributed by atoms with Gasteiger partial charge in [0, 0.05) is 17.6 Å². The van der Waals surface area contributed by atoms with Crippen molar-refractivity contribution in [1.29, 1.82) is 0 Å². The fraction of sp³-hybridized carbons (Fsp3) is 0.235. The Kier molecular flexibility index (Phi) is 9.65.